The molecule has 3 N–H and O–H groups in total. The number of hydrogen-bond donors (Lipinski definition) is 2. The first-order valence-electron chi connectivity index (χ1n) is 10.5. The molecule has 1 aliphatic heterocycles. The summed E-state index contributed by atoms with van der Waals surface area (Å²) in [6, 6.07) is 10.0. The number of aromatic nitrogens is 5. The number of hydrogen-bond acceptors (Lipinski definition) is 5. The van der Waals surface area contributed by atoms with Gasteiger partial charge in [-0.05, 0) is 20.3 Å². The maximum Gasteiger partial charge on any atom is 0.257 e. The number of pyridine rings is 1. The molecule has 8 heteroatoms. The van der Waals surface area contributed by atoms with Crippen molar-refractivity contribution < 1.29 is 4.79 Å². The summed E-state index contributed by atoms with van der Waals surface area (Å²) < 4.78 is 2.11. The molecule has 1 aliphatic rings. The maximum absolute atomic E-state index is 13.5. The van der Waals surface area contributed by atoms with E-state index in [0.717, 1.165) is 34.6 Å². The summed E-state index contributed by atoms with van der Waals surface area (Å²) >= 11 is 0. The molecule has 1 amide bonds. The fourth-order valence-corrected chi connectivity index (χ4v) is 4.29. The number of rotatable bonds is 4. The van der Waals surface area contributed by atoms with E-state index in [2.05, 4.69) is 28.6 Å². The number of benzene rings is 1. The summed E-state index contributed by atoms with van der Waals surface area (Å²) in [4.78, 5) is 25.0. The Labute approximate surface area is 180 Å². The third-order valence-corrected chi connectivity index (χ3v) is 5.78. The van der Waals surface area contributed by atoms with Crippen LogP contribution in [0.25, 0.3) is 33.7 Å². The van der Waals surface area contributed by atoms with Crippen molar-refractivity contribution in [2.45, 2.75) is 32.4 Å². The lowest BCUT2D eigenvalue weighted by Crippen LogP contribution is -2.32. The molecule has 3 aromatic heterocycles. The van der Waals surface area contributed by atoms with Crippen LogP contribution in [0.4, 0.5) is 0 Å². The molecule has 8 nitrogen and oxygen atoms in total. The monoisotopic (exact) mass is 415 g/mol. The zero-order valence-corrected chi connectivity index (χ0v) is 17.6. The topological polar surface area (TPSA) is 106 Å². The normalized spacial score (nSPS) is 16.5. The van der Waals surface area contributed by atoms with Crippen molar-refractivity contribution in [3.05, 3.63) is 54.5 Å². The number of nitrogens with one attached hydrogen (secondary N) is 1. The van der Waals surface area contributed by atoms with Crippen molar-refractivity contribution in [2.75, 3.05) is 13.1 Å². The highest BCUT2D eigenvalue weighted by molar-refractivity contribution is 6.08. The maximum atomic E-state index is 13.5. The number of nitrogens with zero attached hydrogens (tertiary/aromatic N) is 5. The zero-order valence-electron chi connectivity index (χ0n) is 17.6. The highest BCUT2D eigenvalue weighted by Crippen LogP contribution is 2.35. The fourth-order valence-electron chi connectivity index (χ4n) is 4.29. The van der Waals surface area contributed by atoms with Crippen LogP contribution in [0.1, 0.15) is 36.7 Å². The Bertz CT molecular complexity index is 1230. The van der Waals surface area contributed by atoms with Crippen LogP contribution < -0.4 is 5.73 Å². The van der Waals surface area contributed by atoms with Crippen LogP contribution in [0.3, 0.4) is 0 Å². The van der Waals surface area contributed by atoms with Crippen LogP contribution in [0.15, 0.2) is 48.9 Å². The molecule has 1 atom stereocenters. The van der Waals surface area contributed by atoms with Gasteiger partial charge in [0.15, 0.2) is 0 Å². The van der Waals surface area contributed by atoms with Gasteiger partial charge in [-0.15, -0.1) is 0 Å². The fraction of sp³-hybridized carbons (Fsp3) is 0.304. The van der Waals surface area contributed by atoms with Crippen molar-refractivity contribution in [2.24, 2.45) is 5.73 Å². The van der Waals surface area contributed by atoms with Crippen LogP contribution in [0.2, 0.25) is 0 Å². The van der Waals surface area contributed by atoms with Gasteiger partial charge >= 0.3 is 0 Å². The van der Waals surface area contributed by atoms with Crippen LogP contribution in [-0.4, -0.2) is 54.7 Å². The number of carbonyl (C=O) groups excluding carboxylic acids is 1. The van der Waals surface area contributed by atoms with Crippen LogP contribution in [0.5, 0.6) is 0 Å². The Hall–Kier alpha value is -3.52. The number of amides is 1. The number of aromatic amines is 1. The third kappa shape index (κ3) is 3.29. The Morgan fingerprint density at radius 3 is 2.65 bits per heavy atom. The van der Waals surface area contributed by atoms with Crippen molar-refractivity contribution in [3.63, 3.8) is 0 Å². The van der Waals surface area contributed by atoms with Crippen molar-refractivity contribution in [1.29, 1.82) is 0 Å². The lowest BCUT2D eigenvalue weighted by Gasteiger charge is -2.19. The molecule has 1 fully saturated rings. The summed E-state index contributed by atoms with van der Waals surface area (Å²) in [6.07, 6.45) is 6.07. The average Bonchev–Trinajstić information content (AvgIpc) is 3.52. The predicted octanol–water partition coefficient (Wildman–Crippen LogP) is 3.24. The van der Waals surface area contributed by atoms with Gasteiger partial charge in [0.1, 0.15) is 11.3 Å². The van der Waals surface area contributed by atoms with Crippen molar-refractivity contribution >= 4 is 16.9 Å². The van der Waals surface area contributed by atoms with Gasteiger partial charge < -0.3 is 15.2 Å². The number of likely N-dealkylation sites (tertiary alicyclic amines) is 1. The summed E-state index contributed by atoms with van der Waals surface area (Å²) in [6.45, 7) is 5.40. The largest absolute Gasteiger partial charge is 0.337 e. The molecule has 1 unspecified atom stereocenters. The predicted molar refractivity (Wildman–Crippen MR) is 119 cm³/mol. The lowest BCUT2D eigenvalue weighted by atomic mass is 10.1. The van der Waals surface area contributed by atoms with E-state index in [1.54, 1.807) is 12.4 Å². The van der Waals surface area contributed by atoms with E-state index in [-0.39, 0.29) is 18.0 Å². The van der Waals surface area contributed by atoms with Crippen LogP contribution in [-0.2, 0) is 0 Å². The molecule has 0 spiro atoms. The van der Waals surface area contributed by atoms with Crippen molar-refractivity contribution in [1.82, 2.24) is 29.6 Å². The second-order valence-corrected chi connectivity index (χ2v) is 8.27. The Morgan fingerprint density at radius 1 is 1.19 bits per heavy atom. The molecular weight excluding hydrogens is 390 g/mol. The molecule has 4 aromatic rings. The van der Waals surface area contributed by atoms with E-state index in [1.807, 2.05) is 41.4 Å². The highest BCUT2D eigenvalue weighted by Gasteiger charge is 2.30. The molecule has 0 bridgehead atoms. The number of carbonyl (C=O) groups is 1. The third-order valence-electron chi connectivity index (χ3n) is 5.78. The van der Waals surface area contributed by atoms with E-state index >= 15 is 0 Å². The molecule has 0 aliphatic carbocycles. The van der Waals surface area contributed by atoms with E-state index in [1.165, 1.54) is 0 Å². The van der Waals surface area contributed by atoms with Crippen LogP contribution in [0, 0.1) is 0 Å². The smallest absolute Gasteiger partial charge is 0.257 e. The Kier molecular flexibility index (Phi) is 4.78. The van der Waals surface area contributed by atoms with Gasteiger partial charge in [0.2, 0.25) is 0 Å². The molecule has 1 aromatic carbocycles. The summed E-state index contributed by atoms with van der Waals surface area (Å²) in [7, 11) is 0. The number of imidazole rings is 1. The second kappa shape index (κ2) is 7.63. The first-order chi connectivity index (χ1) is 15.0. The molecule has 0 saturated carbocycles. The average molecular weight is 416 g/mol. The van der Waals surface area contributed by atoms with E-state index < -0.39 is 0 Å². The van der Waals surface area contributed by atoms with E-state index in [9.17, 15) is 4.79 Å². The SMILES string of the molecule is CC(C)n1c(-c2cn[nH]c2)nc2c(-c3ccccc3)ncc(C(=O)N3CCC(N)C3)c21. The van der Waals surface area contributed by atoms with E-state index in [4.69, 9.17) is 15.7 Å². The Balaban J connectivity index is 1.79. The van der Waals surface area contributed by atoms with Gasteiger partial charge in [-0.25, -0.2) is 4.98 Å². The summed E-state index contributed by atoms with van der Waals surface area (Å²) in [5, 5.41) is 6.96. The van der Waals surface area contributed by atoms with Crippen LogP contribution >= 0.6 is 0 Å². The summed E-state index contributed by atoms with van der Waals surface area (Å²) in [5.74, 6) is 0.710. The summed E-state index contributed by atoms with van der Waals surface area (Å²) in [5.41, 5.74) is 10.7. The number of nitrogens with two attached hydrogens (primary N) is 1. The van der Waals surface area contributed by atoms with Gasteiger partial charge in [0.05, 0.1) is 28.5 Å². The Morgan fingerprint density at radius 2 is 2.00 bits per heavy atom. The molecule has 0 radical (unpaired) electrons. The minimum atomic E-state index is -0.0504. The standard InChI is InChI=1S/C23H25N7O/c1-14(2)30-21-18(23(31)29-9-8-17(24)13-29)12-25-19(15-6-4-3-5-7-15)20(21)28-22(30)16-10-26-27-11-16/h3-7,10-12,14,17H,8-9,13,24H2,1-2H3,(H,26,27). The molecule has 1 saturated heterocycles. The first-order valence-corrected chi connectivity index (χ1v) is 10.5. The molecule has 5 rings (SSSR count). The van der Waals surface area contributed by atoms with Gasteiger partial charge in [0.25, 0.3) is 5.91 Å². The lowest BCUT2D eigenvalue weighted by molar-refractivity contribution is 0.0792. The first kappa shape index (κ1) is 19.4. The van der Waals surface area contributed by atoms with Gasteiger partial charge in [-0.2, -0.15) is 5.10 Å². The van der Waals surface area contributed by atoms with Gasteiger partial charge in [-0.3, -0.25) is 14.9 Å². The highest BCUT2D eigenvalue weighted by atomic mass is 16.2. The van der Waals surface area contributed by atoms with Crippen molar-refractivity contribution in [3.8, 4) is 22.6 Å². The van der Waals surface area contributed by atoms with Gasteiger partial charge in [-0.1, -0.05) is 30.3 Å². The quantitative estimate of drug-likeness (QED) is 0.532. The molecule has 4 heterocycles. The molecular formula is C23H25N7O. The molecule has 158 valence electrons. The minimum Gasteiger partial charge on any atom is -0.337 e. The second-order valence-electron chi connectivity index (χ2n) is 8.27. The number of H-pyrrole nitrogens is 1. The number of fused-ring (bicyclic) bond motifs is 1. The minimum absolute atomic E-state index is 0.0208. The zero-order chi connectivity index (χ0) is 21.5. The molecule has 31 heavy (non-hydrogen) atoms. The van der Waals surface area contributed by atoms with Gasteiger partial charge in [0, 0.05) is 43.1 Å². The van der Waals surface area contributed by atoms with E-state index in [0.29, 0.717) is 24.2 Å².